The van der Waals surface area contributed by atoms with E-state index in [1.807, 2.05) is 32.0 Å². The lowest BCUT2D eigenvalue weighted by atomic mass is 9.97. The molecule has 0 fully saturated rings. The van der Waals surface area contributed by atoms with Gasteiger partial charge in [0.25, 0.3) is 0 Å². The molecule has 5 heteroatoms. The van der Waals surface area contributed by atoms with Crippen LogP contribution < -0.4 is 10.1 Å². The molecule has 2 aromatic carbocycles. The van der Waals surface area contributed by atoms with Gasteiger partial charge in [-0.05, 0) is 32.0 Å². The number of benzene rings is 2. The normalized spacial score (nSPS) is 13.0. The smallest absolute Gasteiger partial charge is 0.223 e. The summed E-state index contributed by atoms with van der Waals surface area (Å²) in [5.74, 6) is -1.08. The fraction of sp³-hybridized carbons (Fsp3) is 0.333. The van der Waals surface area contributed by atoms with Gasteiger partial charge < -0.3 is 10.1 Å². The molecule has 0 aliphatic carbocycles. The Hall–Kier alpha value is -2.69. The summed E-state index contributed by atoms with van der Waals surface area (Å²) in [5, 5.41) is 2.90. The van der Waals surface area contributed by atoms with Crippen LogP contribution in [-0.4, -0.2) is 18.8 Å². The summed E-state index contributed by atoms with van der Waals surface area (Å²) in [6, 6.07) is 11.3. The molecule has 0 radical (unpaired) electrons. The minimum atomic E-state index is -0.569. The number of hydrogen-bond donors (Lipinski definition) is 1. The first kappa shape index (κ1) is 19.6. The fourth-order valence-corrected chi connectivity index (χ4v) is 2.79. The zero-order valence-electron chi connectivity index (χ0n) is 15.5. The van der Waals surface area contributed by atoms with Crippen LogP contribution in [0.25, 0.3) is 0 Å². The number of halogens is 1. The highest BCUT2D eigenvalue weighted by atomic mass is 19.1. The molecule has 0 aliphatic rings. The summed E-state index contributed by atoms with van der Waals surface area (Å²) < 4.78 is 19.1. The molecule has 0 heterocycles. The molecule has 26 heavy (non-hydrogen) atoms. The van der Waals surface area contributed by atoms with Gasteiger partial charge in [0.2, 0.25) is 5.91 Å². The van der Waals surface area contributed by atoms with E-state index in [1.54, 1.807) is 20.1 Å². The van der Waals surface area contributed by atoms with Crippen molar-refractivity contribution in [3.63, 3.8) is 0 Å². The van der Waals surface area contributed by atoms with E-state index < -0.39 is 11.7 Å². The van der Waals surface area contributed by atoms with Gasteiger partial charge in [-0.25, -0.2) is 4.39 Å². The number of carbonyl (C=O) groups excluding carboxylic acids is 2. The van der Waals surface area contributed by atoms with Crippen molar-refractivity contribution in [1.82, 2.24) is 5.32 Å². The standard InChI is InChI=1S/C21H24FNO3/c1-13-9-10-20(26-4)17(11-13)15(3)23-21(25)14(2)12-19(24)16-7-5-6-8-18(16)22/h5-11,14-15H,12H2,1-4H3,(H,23,25)/t14-,15+/m1/s1. The summed E-state index contributed by atoms with van der Waals surface area (Å²) in [7, 11) is 1.58. The summed E-state index contributed by atoms with van der Waals surface area (Å²) in [6.45, 7) is 5.49. The Bertz CT molecular complexity index is 804. The van der Waals surface area contributed by atoms with Gasteiger partial charge in [-0.1, -0.05) is 36.8 Å². The van der Waals surface area contributed by atoms with Gasteiger partial charge in [0.15, 0.2) is 5.78 Å². The van der Waals surface area contributed by atoms with E-state index in [4.69, 9.17) is 4.74 Å². The van der Waals surface area contributed by atoms with E-state index in [2.05, 4.69) is 5.32 Å². The molecule has 0 unspecified atom stereocenters. The summed E-state index contributed by atoms with van der Waals surface area (Å²) in [4.78, 5) is 24.7. The third kappa shape index (κ3) is 4.69. The maximum Gasteiger partial charge on any atom is 0.223 e. The second-order valence-electron chi connectivity index (χ2n) is 6.48. The minimum absolute atomic E-state index is 0.0144. The average Bonchev–Trinajstić information content (AvgIpc) is 2.61. The highest BCUT2D eigenvalue weighted by Gasteiger charge is 2.22. The van der Waals surface area contributed by atoms with Crippen molar-refractivity contribution in [2.75, 3.05) is 7.11 Å². The van der Waals surface area contributed by atoms with E-state index in [9.17, 15) is 14.0 Å². The summed E-state index contributed by atoms with van der Waals surface area (Å²) in [6.07, 6.45) is -0.0512. The summed E-state index contributed by atoms with van der Waals surface area (Å²) in [5.41, 5.74) is 1.94. The van der Waals surface area contributed by atoms with Crippen molar-refractivity contribution < 1.29 is 18.7 Å². The Labute approximate surface area is 153 Å². The van der Waals surface area contributed by atoms with E-state index in [1.165, 1.54) is 18.2 Å². The molecule has 0 bridgehead atoms. The molecule has 1 amide bonds. The Morgan fingerprint density at radius 1 is 1.15 bits per heavy atom. The molecule has 0 saturated carbocycles. The molecule has 2 rings (SSSR count). The van der Waals surface area contributed by atoms with Crippen LogP contribution in [0.15, 0.2) is 42.5 Å². The highest BCUT2D eigenvalue weighted by Crippen LogP contribution is 2.26. The Kier molecular flexibility index (Phi) is 6.50. The first-order valence-corrected chi connectivity index (χ1v) is 8.56. The topological polar surface area (TPSA) is 55.4 Å². The number of hydrogen-bond acceptors (Lipinski definition) is 3. The van der Waals surface area contributed by atoms with Crippen LogP contribution in [0.4, 0.5) is 4.39 Å². The number of carbonyl (C=O) groups is 2. The number of ketones is 1. The van der Waals surface area contributed by atoms with Crippen molar-refractivity contribution in [2.24, 2.45) is 5.92 Å². The quantitative estimate of drug-likeness (QED) is 0.755. The van der Waals surface area contributed by atoms with Gasteiger partial charge in [-0.3, -0.25) is 9.59 Å². The van der Waals surface area contributed by atoms with Crippen LogP contribution in [0.2, 0.25) is 0 Å². The van der Waals surface area contributed by atoms with Crippen LogP contribution in [0.3, 0.4) is 0 Å². The lowest BCUT2D eigenvalue weighted by molar-refractivity contribution is -0.125. The van der Waals surface area contributed by atoms with E-state index >= 15 is 0 Å². The summed E-state index contributed by atoms with van der Waals surface area (Å²) >= 11 is 0. The predicted octanol–water partition coefficient (Wildman–Crippen LogP) is 4.23. The molecular weight excluding hydrogens is 333 g/mol. The number of aryl methyl sites for hydroxylation is 1. The van der Waals surface area contributed by atoms with Gasteiger partial charge in [0, 0.05) is 17.9 Å². The molecule has 1 N–H and O–H groups in total. The van der Waals surface area contributed by atoms with Crippen molar-refractivity contribution >= 4 is 11.7 Å². The molecular formula is C21H24FNO3. The minimum Gasteiger partial charge on any atom is -0.496 e. The maximum absolute atomic E-state index is 13.7. The van der Waals surface area contributed by atoms with Crippen molar-refractivity contribution in [2.45, 2.75) is 33.2 Å². The van der Waals surface area contributed by atoms with E-state index in [0.717, 1.165) is 11.1 Å². The average molecular weight is 357 g/mol. The zero-order valence-corrected chi connectivity index (χ0v) is 15.5. The number of rotatable bonds is 7. The monoisotopic (exact) mass is 357 g/mol. The largest absolute Gasteiger partial charge is 0.496 e. The fourth-order valence-electron chi connectivity index (χ4n) is 2.79. The van der Waals surface area contributed by atoms with Crippen molar-refractivity contribution in [1.29, 1.82) is 0 Å². The Morgan fingerprint density at radius 3 is 2.50 bits per heavy atom. The number of nitrogens with one attached hydrogen (secondary N) is 1. The SMILES string of the molecule is COc1ccc(C)cc1[C@H](C)NC(=O)[C@H](C)CC(=O)c1ccccc1F. The molecule has 0 aliphatic heterocycles. The zero-order chi connectivity index (χ0) is 19.3. The number of amides is 1. The second-order valence-corrected chi connectivity index (χ2v) is 6.48. The highest BCUT2D eigenvalue weighted by molar-refractivity contribution is 5.98. The third-order valence-corrected chi connectivity index (χ3v) is 4.32. The molecule has 138 valence electrons. The van der Waals surface area contributed by atoms with Gasteiger partial charge >= 0.3 is 0 Å². The molecule has 4 nitrogen and oxygen atoms in total. The third-order valence-electron chi connectivity index (χ3n) is 4.32. The van der Waals surface area contributed by atoms with E-state index in [0.29, 0.717) is 5.75 Å². The lowest BCUT2D eigenvalue weighted by Crippen LogP contribution is -2.33. The Balaban J connectivity index is 2.04. The predicted molar refractivity (Wildman–Crippen MR) is 98.8 cm³/mol. The van der Waals surface area contributed by atoms with Gasteiger partial charge in [0.05, 0.1) is 18.7 Å². The van der Waals surface area contributed by atoms with Crippen LogP contribution in [0.1, 0.15) is 47.8 Å². The molecule has 0 aromatic heterocycles. The number of ether oxygens (including phenoxy) is 1. The van der Waals surface area contributed by atoms with Crippen molar-refractivity contribution in [3.8, 4) is 5.75 Å². The van der Waals surface area contributed by atoms with Crippen LogP contribution in [0, 0.1) is 18.7 Å². The van der Waals surface area contributed by atoms with Gasteiger partial charge in [-0.15, -0.1) is 0 Å². The van der Waals surface area contributed by atoms with E-state index in [-0.39, 0.29) is 29.7 Å². The van der Waals surface area contributed by atoms with Crippen LogP contribution in [-0.2, 0) is 4.79 Å². The maximum atomic E-state index is 13.7. The van der Waals surface area contributed by atoms with Crippen LogP contribution in [0.5, 0.6) is 5.75 Å². The Morgan fingerprint density at radius 2 is 1.85 bits per heavy atom. The molecule has 2 aromatic rings. The number of methoxy groups -OCH3 is 1. The first-order chi connectivity index (χ1) is 12.3. The lowest BCUT2D eigenvalue weighted by Gasteiger charge is -2.20. The molecule has 2 atom stereocenters. The first-order valence-electron chi connectivity index (χ1n) is 8.56. The van der Waals surface area contributed by atoms with Gasteiger partial charge in [0.1, 0.15) is 11.6 Å². The molecule has 0 spiro atoms. The second kappa shape index (κ2) is 8.61. The van der Waals surface area contributed by atoms with Crippen molar-refractivity contribution in [3.05, 3.63) is 65.0 Å². The number of Topliss-reactive ketones (excluding diaryl/α,β-unsaturated/α-hetero) is 1. The van der Waals surface area contributed by atoms with Gasteiger partial charge in [-0.2, -0.15) is 0 Å². The van der Waals surface area contributed by atoms with Crippen LogP contribution >= 0.6 is 0 Å². The molecule has 0 saturated heterocycles.